The van der Waals surface area contributed by atoms with E-state index in [9.17, 15) is 18.0 Å². The maximum Gasteiger partial charge on any atom is 0.389 e. The van der Waals surface area contributed by atoms with Gasteiger partial charge in [-0.1, -0.05) is 18.2 Å². The van der Waals surface area contributed by atoms with Crippen molar-refractivity contribution in [3.63, 3.8) is 0 Å². The number of benzene rings is 1. The van der Waals surface area contributed by atoms with E-state index in [1.165, 1.54) is 0 Å². The molecule has 0 atom stereocenters. The number of aryl methyl sites for hydroxylation is 2. The Bertz CT molecular complexity index is 631. The molecule has 0 bridgehead atoms. The molecule has 0 saturated carbocycles. The molecular formula is C15H16F3NO2. The summed E-state index contributed by atoms with van der Waals surface area (Å²) in [5, 5.41) is 9.66. The van der Waals surface area contributed by atoms with Gasteiger partial charge < -0.3 is 9.67 Å². The first kappa shape index (κ1) is 15.4. The van der Waals surface area contributed by atoms with Crippen LogP contribution in [0.4, 0.5) is 13.2 Å². The van der Waals surface area contributed by atoms with Crippen molar-refractivity contribution in [3.05, 3.63) is 36.0 Å². The summed E-state index contributed by atoms with van der Waals surface area (Å²) < 4.78 is 38.4. The van der Waals surface area contributed by atoms with Crippen LogP contribution in [0.5, 0.6) is 0 Å². The fourth-order valence-electron chi connectivity index (χ4n) is 2.40. The van der Waals surface area contributed by atoms with Crippen LogP contribution in [0.2, 0.25) is 0 Å². The molecule has 0 aliphatic heterocycles. The third-order valence-corrected chi connectivity index (χ3v) is 3.34. The summed E-state index contributed by atoms with van der Waals surface area (Å²) >= 11 is 0. The number of alkyl halides is 3. The minimum absolute atomic E-state index is 0.0105. The van der Waals surface area contributed by atoms with Gasteiger partial charge in [0.25, 0.3) is 0 Å². The standard InChI is InChI=1S/C15H16F3NO2/c16-15(17,18)8-3-9-19-10-11(6-7-14(20)21)12-4-1-2-5-13(12)19/h1-2,4-5,10H,3,6-9H2,(H,20,21). The largest absolute Gasteiger partial charge is 0.481 e. The Kier molecular flexibility index (Phi) is 4.55. The molecule has 0 saturated heterocycles. The number of nitrogens with zero attached hydrogens (tertiary/aromatic N) is 1. The molecule has 1 N–H and O–H groups in total. The van der Waals surface area contributed by atoms with E-state index in [4.69, 9.17) is 5.11 Å². The number of carboxylic acids is 1. The summed E-state index contributed by atoms with van der Waals surface area (Å²) in [6, 6.07) is 7.37. The number of fused-ring (bicyclic) bond motifs is 1. The van der Waals surface area contributed by atoms with Crippen LogP contribution >= 0.6 is 0 Å². The first-order valence-corrected chi connectivity index (χ1v) is 6.72. The van der Waals surface area contributed by atoms with Crippen LogP contribution in [-0.4, -0.2) is 21.8 Å². The number of aromatic nitrogens is 1. The highest BCUT2D eigenvalue weighted by molar-refractivity contribution is 5.84. The Labute approximate surface area is 120 Å². The molecule has 0 radical (unpaired) electrons. The van der Waals surface area contributed by atoms with Crippen LogP contribution in [0.3, 0.4) is 0 Å². The van der Waals surface area contributed by atoms with Crippen LogP contribution in [0.1, 0.15) is 24.8 Å². The van der Waals surface area contributed by atoms with Crippen molar-refractivity contribution in [2.24, 2.45) is 0 Å². The van der Waals surface area contributed by atoms with E-state index < -0.39 is 18.6 Å². The SMILES string of the molecule is O=C(O)CCc1cn(CCCC(F)(F)F)c2ccccc12. The molecule has 0 unspecified atom stereocenters. The molecule has 1 heterocycles. The van der Waals surface area contributed by atoms with Crippen molar-refractivity contribution >= 4 is 16.9 Å². The normalized spacial score (nSPS) is 12.0. The van der Waals surface area contributed by atoms with Crippen molar-refractivity contribution < 1.29 is 23.1 Å². The molecule has 0 fully saturated rings. The summed E-state index contributed by atoms with van der Waals surface area (Å²) in [6.07, 6.45) is -2.79. The monoisotopic (exact) mass is 299 g/mol. The number of hydrogen-bond acceptors (Lipinski definition) is 1. The average molecular weight is 299 g/mol. The van der Waals surface area contributed by atoms with Gasteiger partial charge in [-0.05, 0) is 24.5 Å². The molecular weight excluding hydrogens is 283 g/mol. The maximum absolute atomic E-state index is 12.2. The predicted octanol–water partition coefficient (Wildman–Crippen LogP) is 4.00. The van der Waals surface area contributed by atoms with Gasteiger partial charge in [-0.3, -0.25) is 4.79 Å². The number of aliphatic carboxylic acids is 1. The molecule has 2 rings (SSSR count). The molecule has 21 heavy (non-hydrogen) atoms. The van der Waals surface area contributed by atoms with Crippen molar-refractivity contribution in [3.8, 4) is 0 Å². The summed E-state index contributed by atoms with van der Waals surface area (Å²) in [5.41, 5.74) is 1.71. The second kappa shape index (κ2) is 6.20. The molecule has 1 aromatic carbocycles. The van der Waals surface area contributed by atoms with E-state index in [0.717, 1.165) is 16.5 Å². The maximum atomic E-state index is 12.2. The summed E-state index contributed by atoms with van der Waals surface area (Å²) in [6.45, 7) is 0.271. The van der Waals surface area contributed by atoms with Crippen molar-refractivity contribution in [1.82, 2.24) is 4.57 Å². The number of carbonyl (C=O) groups is 1. The Morgan fingerprint density at radius 1 is 1.24 bits per heavy atom. The highest BCUT2D eigenvalue weighted by Crippen LogP contribution is 2.25. The van der Waals surface area contributed by atoms with Gasteiger partial charge in [-0.15, -0.1) is 0 Å². The van der Waals surface area contributed by atoms with Crippen molar-refractivity contribution in [1.29, 1.82) is 0 Å². The molecule has 0 aliphatic rings. The van der Waals surface area contributed by atoms with Crippen LogP contribution in [0, 0.1) is 0 Å². The van der Waals surface area contributed by atoms with E-state index in [1.807, 2.05) is 24.3 Å². The van der Waals surface area contributed by atoms with Gasteiger partial charge in [0.05, 0.1) is 0 Å². The van der Waals surface area contributed by atoms with Gasteiger partial charge in [0.15, 0.2) is 0 Å². The third kappa shape index (κ3) is 4.24. The van der Waals surface area contributed by atoms with Gasteiger partial charge in [0, 0.05) is 36.5 Å². The van der Waals surface area contributed by atoms with Crippen molar-refractivity contribution in [2.75, 3.05) is 0 Å². The number of para-hydroxylation sites is 1. The predicted molar refractivity (Wildman–Crippen MR) is 73.2 cm³/mol. The zero-order valence-electron chi connectivity index (χ0n) is 11.4. The average Bonchev–Trinajstić information content (AvgIpc) is 2.74. The van der Waals surface area contributed by atoms with E-state index in [2.05, 4.69) is 0 Å². The van der Waals surface area contributed by atoms with E-state index in [1.54, 1.807) is 10.8 Å². The second-order valence-corrected chi connectivity index (χ2v) is 4.98. The summed E-state index contributed by atoms with van der Waals surface area (Å²) in [7, 11) is 0. The van der Waals surface area contributed by atoms with E-state index in [0.29, 0.717) is 6.42 Å². The number of halogens is 3. The number of carboxylic acid groups (broad SMARTS) is 1. The minimum Gasteiger partial charge on any atom is -0.481 e. The van der Waals surface area contributed by atoms with Crippen LogP contribution in [0.25, 0.3) is 10.9 Å². The lowest BCUT2D eigenvalue weighted by molar-refractivity contribution is -0.137. The Morgan fingerprint density at radius 3 is 2.62 bits per heavy atom. The number of hydrogen-bond donors (Lipinski definition) is 1. The van der Waals surface area contributed by atoms with Crippen LogP contribution < -0.4 is 0 Å². The fraction of sp³-hybridized carbons (Fsp3) is 0.400. The van der Waals surface area contributed by atoms with Gasteiger partial charge in [0.1, 0.15) is 0 Å². The molecule has 6 heteroatoms. The molecule has 2 aromatic rings. The lowest BCUT2D eigenvalue weighted by Crippen LogP contribution is -2.08. The highest BCUT2D eigenvalue weighted by Gasteiger charge is 2.26. The van der Waals surface area contributed by atoms with Crippen LogP contribution in [0.15, 0.2) is 30.5 Å². The lowest BCUT2D eigenvalue weighted by Gasteiger charge is -2.07. The topological polar surface area (TPSA) is 42.2 Å². The van der Waals surface area contributed by atoms with Gasteiger partial charge in [0.2, 0.25) is 0 Å². The van der Waals surface area contributed by atoms with E-state index >= 15 is 0 Å². The third-order valence-electron chi connectivity index (χ3n) is 3.34. The highest BCUT2D eigenvalue weighted by atomic mass is 19.4. The molecule has 0 spiro atoms. The van der Waals surface area contributed by atoms with E-state index in [-0.39, 0.29) is 19.4 Å². The molecule has 0 aliphatic carbocycles. The summed E-state index contributed by atoms with van der Waals surface area (Å²) in [5.74, 6) is -0.885. The molecule has 114 valence electrons. The van der Waals surface area contributed by atoms with Gasteiger partial charge >= 0.3 is 12.1 Å². The van der Waals surface area contributed by atoms with Crippen molar-refractivity contribution in [2.45, 2.75) is 38.4 Å². The van der Waals surface area contributed by atoms with Gasteiger partial charge in [-0.2, -0.15) is 13.2 Å². The van der Waals surface area contributed by atoms with Crippen LogP contribution in [-0.2, 0) is 17.8 Å². The van der Waals surface area contributed by atoms with Gasteiger partial charge in [-0.25, -0.2) is 0 Å². The quantitative estimate of drug-likeness (QED) is 0.876. The molecule has 1 aromatic heterocycles. The lowest BCUT2D eigenvalue weighted by atomic mass is 10.1. The zero-order chi connectivity index (χ0) is 15.5. The minimum atomic E-state index is -4.14. The first-order valence-electron chi connectivity index (χ1n) is 6.72. The zero-order valence-corrected chi connectivity index (χ0v) is 11.4. The summed E-state index contributed by atoms with van der Waals surface area (Å²) in [4.78, 5) is 10.7. The Hall–Kier alpha value is -1.98. The smallest absolute Gasteiger partial charge is 0.389 e. The first-order chi connectivity index (χ1) is 9.87. The number of rotatable bonds is 6. The Morgan fingerprint density at radius 2 is 1.95 bits per heavy atom. The fourth-order valence-corrected chi connectivity index (χ4v) is 2.40. The molecule has 0 amide bonds. The second-order valence-electron chi connectivity index (χ2n) is 4.98. The Balaban J connectivity index is 2.17. The molecule has 3 nitrogen and oxygen atoms in total.